The van der Waals surface area contributed by atoms with Gasteiger partial charge in [-0.1, -0.05) is 20.8 Å². The van der Waals surface area contributed by atoms with Crippen LogP contribution < -0.4 is 0 Å². The number of nitrogens with zero attached hydrogens (tertiary/aromatic N) is 5. The molecule has 0 spiro atoms. The monoisotopic (exact) mass is 247 g/mol. The maximum Gasteiger partial charge on any atom is 0.148 e. The van der Waals surface area contributed by atoms with Crippen LogP contribution in [0.15, 0.2) is 12.4 Å². The third-order valence-electron chi connectivity index (χ3n) is 3.06. The maximum atomic E-state index is 4.61. The van der Waals surface area contributed by atoms with Crippen LogP contribution in [0.25, 0.3) is 0 Å². The Hall–Kier alpha value is -1.65. The normalized spacial score (nSPS) is 11.1. The lowest BCUT2D eigenvalue weighted by Gasteiger charge is -2.07. The second kappa shape index (κ2) is 5.80. The number of aryl methyl sites for hydroxylation is 3. The number of rotatable bonds is 6. The van der Waals surface area contributed by atoms with E-state index in [1.807, 2.05) is 4.68 Å². The quantitative estimate of drug-likeness (QED) is 0.785. The van der Waals surface area contributed by atoms with Crippen molar-refractivity contribution in [3.05, 3.63) is 29.6 Å². The molecule has 0 fully saturated rings. The second-order valence-corrected chi connectivity index (χ2v) is 4.39. The van der Waals surface area contributed by atoms with Crippen molar-refractivity contribution in [2.24, 2.45) is 0 Å². The molecule has 0 saturated carbocycles. The minimum absolute atomic E-state index is 0.711. The van der Waals surface area contributed by atoms with Gasteiger partial charge in [0.1, 0.15) is 18.7 Å². The lowest BCUT2D eigenvalue weighted by atomic mass is 10.2. The first-order valence-electron chi connectivity index (χ1n) is 6.70. The van der Waals surface area contributed by atoms with E-state index >= 15 is 0 Å². The third kappa shape index (κ3) is 2.60. The van der Waals surface area contributed by atoms with E-state index in [0.29, 0.717) is 6.54 Å². The SMILES string of the molecule is CCCn1ncnc1Cn1nc(CC)cc1CC. The number of aromatic nitrogens is 5. The Morgan fingerprint density at radius 3 is 2.61 bits per heavy atom. The first-order chi connectivity index (χ1) is 8.78. The summed E-state index contributed by atoms with van der Waals surface area (Å²) >= 11 is 0. The second-order valence-electron chi connectivity index (χ2n) is 4.39. The lowest BCUT2D eigenvalue weighted by Crippen LogP contribution is -2.13. The highest BCUT2D eigenvalue weighted by Gasteiger charge is 2.09. The summed E-state index contributed by atoms with van der Waals surface area (Å²) in [4.78, 5) is 4.33. The molecule has 0 aliphatic heterocycles. The molecular formula is C13H21N5. The first-order valence-corrected chi connectivity index (χ1v) is 6.70. The molecule has 0 aliphatic carbocycles. The van der Waals surface area contributed by atoms with E-state index in [1.54, 1.807) is 6.33 Å². The predicted octanol–water partition coefficient (Wildman–Crippen LogP) is 2.06. The van der Waals surface area contributed by atoms with Gasteiger partial charge in [-0.05, 0) is 25.3 Å². The fraction of sp³-hybridized carbons (Fsp3) is 0.615. The van der Waals surface area contributed by atoms with Crippen molar-refractivity contribution in [1.82, 2.24) is 24.5 Å². The molecule has 98 valence electrons. The highest BCUT2D eigenvalue weighted by molar-refractivity contribution is 5.11. The Morgan fingerprint density at radius 2 is 1.94 bits per heavy atom. The van der Waals surface area contributed by atoms with E-state index in [-0.39, 0.29) is 0 Å². The van der Waals surface area contributed by atoms with Crippen LogP contribution in [0, 0.1) is 0 Å². The van der Waals surface area contributed by atoms with Crippen molar-refractivity contribution in [1.29, 1.82) is 0 Å². The van der Waals surface area contributed by atoms with Crippen LogP contribution in [0.4, 0.5) is 0 Å². The summed E-state index contributed by atoms with van der Waals surface area (Å²) in [6.07, 6.45) is 4.66. The average molecular weight is 247 g/mol. The van der Waals surface area contributed by atoms with E-state index < -0.39 is 0 Å². The van der Waals surface area contributed by atoms with Gasteiger partial charge in [0.2, 0.25) is 0 Å². The van der Waals surface area contributed by atoms with Crippen molar-refractivity contribution in [2.45, 2.75) is 53.1 Å². The maximum absolute atomic E-state index is 4.61. The first kappa shape index (κ1) is 12.8. The predicted molar refractivity (Wildman–Crippen MR) is 70.4 cm³/mol. The van der Waals surface area contributed by atoms with Gasteiger partial charge in [0.25, 0.3) is 0 Å². The summed E-state index contributed by atoms with van der Waals surface area (Å²) in [6.45, 7) is 8.06. The van der Waals surface area contributed by atoms with Crippen molar-refractivity contribution in [2.75, 3.05) is 0 Å². The lowest BCUT2D eigenvalue weighted by molar-refractivity contribution is 0.530. The fourth-order valence-electron chi connectivity index (χ4n) is 2.05. The topological polar surface area (TPSA) is 48.5 Å². The largest absolute Gasteiger partial charge is 0.262 e. The zero-order valence-corrected chi connectivity index (χ0v) is 11.4. The van der Waals surface area contributed by atoms with E-state index in [0.717, 1.165) is 37.3 Å². The molecule has 2 rings (SSSR count). The van der Waals surface area contributed by atoms with Crippen molar-refractivity contribution < 1.29 is 0 Å². The summed E-state index contributed by atoms with van der Waals surface area (Å²) in [7, 11) is 0. The van der Waals surface area contributed by atoms with Gasteiger partial charge in [0.15, 0.2) is 0 Å². The summed E-state index contributed by atoms with van der Waals surface area (Å²) in [5.41, 5.74) is 2.41. The van der Waals surface area contributed by atoms with Crippen LogP contribution in [0.3, 0.4) is 0 Å². The van der Waals surface area contributed by atoms with Crippen LogP contribution in [-0.4, -0.2) is 24.5 Å². The Kier molecular flexibility index (Phi) is 4.12. The average Bonchev–Trinajstić information content (AvgIpc) is 2.97. The number of hydrogen-bond donors (Lipinski definition) is 0. The van der Waals surface area contributed by atoms with Gasteiger partial charge in [0, 0.05) is 12.2 Å². The molecule has 0 atom stereocenters. The molecule has 18 heavy (non-hydrogen) atoms. The third-order valence-corrected chi connectivity index (χ3v) is 3.06. The van der Waals surface area contributed by atoms with E-state index in [1.165, 1.54) is 5.69 Å². The molecule has 0 bridgehead atoms. The highest BCUT2D eigenvalue weighted by atomic mass is 15.4. The van der Waals surface area contributed by atoms with Crippen LogP contribution >= 0.6 is 0 Å². The summed E-state index contributed by atoms with van der Waals surface area (Å²) in [6, 6.07) is 2.18. The van der Waals surface area contributed by atoms with Gasteiger partial charge >= 0.3 is 0 Å². The van der Waals surface area contributed by atoms with Gasteiger partial charge in [-0.15, -0.1) is 0 Å². The molecule has 0 unspecified atom stereocenters. The van der Waals surface area contributed by atoms with Gasteiger partial charge < -0.3 is 0 Å². The van der Waals surface area contributed by atoms with Gasteiger partial charge in [0.05, 0.1) is 5.69 Å². The molecule has 0 N–H and O–H groups in total. The molecule has 5 heteroatoms. The van der Waals surface area contributed by atoms with Crippen molar-refractivity contribution in [3.8, 4) is 0 Å². The van der Waals surface area contributed by atoms with Crippen LogP contribution in [0.5, 0.6) is 0 Å². The Bertz CT molecular complexity index is 497. The molecule has 0 radical (unpaired) electrons. The molecule has 0 aromatic carbocycles. The summed E-state index contributed by atoms with van der Waals surface area (Å²) in [5.74, 6) is 0.984. The highest BCUT2D eigenvalue weighted by Crippen LogP contribution is 2.09. The Balaban J connectivity index is 2.22. The molecule has 2 aromatic heterocycles. The van der Waals surface area contributed by atoms with Crippen LogP contribution in [0.1, 0.15) is 44.4 Å². The molecule has 2 aromatic rings. The smallest absolute Gasteiger partial charge is 0.148 e. The van der Waals surface area contributed by atoms with Gasteiger partial charge in [-0.3, -0.25) is 4.68 Å². The van der Waals surface area contributed by atoms with Crippen LogP contribution in [-0.2, 0) is 25.9 Å². The summed E-state index contributed by atoms with van der Waals surface area (Å²) in [5, 5.41) is 8.86. The molecule has 0 saturated heterocycles. The number of hydrogen-bond acceptors (Lipinski definition) is 3. The minimum atomic E-state index is 0.711. The zero-order chi connectivity index (χ0) is 13.0. The molecular weight excluding hydrogens is 226 g/mol. The van der Waals surface area contributed by atoms with Gasteiger partial charge in [-0.25, -0.2) is 9.67 Å². The van der Waals surface area contributed by atoms with Crippen LogP contribution in [0.2, 0.25) is 0 Å². The van der Waals surface area contributed by atoms with E-state index in [4.69, 9.17) is 0 Å². The standard InChI is InChI=1S/C13H21N5/c1-4-7-17-13(14-10-15-17)9-18-12(6-3)8-11(5-2)16-18/h8,10H,4-7,9H2,1-3H3. The molecule has 5 nitrogen and oxygen atoms in total. The fourth-order valence-corrected chi connectivity index (χ4v) is 2.05. The summed E-state index contributed by atoms with van der Waals surface area (Å²) < 4.78 is 4.02. The van der Waals surface area contributed by atoms with E-state index in [9.17, 15) is 0 Å². The Labute approximate surface area is 108 Å². The molecule has 0 aliphatic rings. The van der Waals surface area contributed by atoms with Gasteiger partial charge in [-0.2, -0.15) is 10.2 Å². The molecule has 0 amide bonds. The van der Waals surface area contributed by atoms with E-state index in [2.05, 4.69) is 46.7 Å². The van der Waals surface area contributed by atoms with Crippen molar-refractivity contribution >= 4 is 0 Å². The van der Waals surface area contributed by atoms with Crippen molar-refractivity contribution in [3.63, 3.8) is 0 Å². The Morgan fingerprint density at radius 1 is 1.11 bits per heavy atom. The molecule has 2 heterocycles. The zero-order valence-electron chi connectivity index (χ0n) is 11.4. The minimum Gasteiger partial charge on any atom is -0.262 e.